The van der Waals surface area contributed by atoms with Gasteiger partial charge in [-0.15, -0.1) is 0 Å². The number of para-hydroxylation sites is 3. The minimum Gasteiger partial charge on any atom is -0.495 e. The molecule has 1 N–H and O–H groups in total. The Morgan fingerprint density at radius 3 is 2.81 bits per heavy atom. The molecule has 5 nitrogen and oxygen atoms in total. The lowest BCUT2D eigenvalue weighted by Gasteiger charge is -2.29. The number of methoxy groups -OCH3 is 1. The molecular weight excluding hydrogens is 338 g/mol. The minimum absolute atomic E-state index is 0.0293. The van der Waals surface area contributed by atoms with Crippen LogP contribution in [-0.2, 0) is 6.42 Å². The van der Waals surface area contributed by atoms with Gasteiger partial charge in [-0.3, -0.25) is 9.78 Å². The molecular formula is C22H21N3O2. The van der Waals surface area contributed by atoms with E-state index in [4.69, 9.17) is 4.74 Å². The summed E-state index contributed by atoms with van der Waals surface area (Å²) in [5.74, 6) is 0.706. The zero-order chi connectivity index (χ0) is 18.6. The van der Waals surface area contributed by atoms with Gasteiger partial charge in [0.25, 0.3) is 5.91 Å². The van der Waals surface area contributed by atoms with E-state index >= 15 is 0 Å². The Balaban J connectivity index is 1.61. The zero-order valence-electron chi connectivity index (χ0n) is 15.2. The molecule has 0 fully saturated rings. The van der Waals surface area contributed by atoms with Crippen molar-refractivity contribution in [3.8, 4) is 5.75 Å². The first-order valence-electron chi connectivity index (χ1n) is 9.01. The fourth-order valence-corrected chi connectivity index (χ4v) is 3.43. The number of ether oxygens (including phenoxy) is 1. The lowest BCUT2D eigenvalue weighted by atomic mass is 10.0. The highest BCUT2D eigenvalue weighted by Gasteiger charge is 2.23. The van der Waals surface area contributed by atoms with Gasteiger partial charge in [-0.05, 0) is 42.7 Å². The van der Waals surface area contributed by atoms with Crippen LogP contribution in [-0.4, -0.2) is 24.5 Å². The number of amides is 1. The number of hydrogen-bond acceptors (Lipinski definition) is 4. The van der Waals surface area contributed by atoms with E-state index in [0.717, 1.165) is 42.2 Å². The predicted octanol–water partition coefficient (Wildman–Crippen LogP) is 4.43. The number of hydrogen-bond donors (Lipinski definition) is 1. The van der Waals surface area contributed by atoms with Crippen molar-refractivity contribution >= 4 is 23.0 Å². The lowest BCUT2D eigenvalue weighted by molar-refractivity contribution is 0.0985. The first-order chi connectivity index (χ1) is 13.3. The molecule has 0 atom stereocenters. The monoisotopic (exact) mass is 359 g/mol. The smallest absolute Gasteiger partial charge is 0.259 e. The van der Waals surface area contributed by atoms with Gasteiger partial charge in [0.2, 0.25) is 0 Å². The molecule has 27 heavy (non-hydrogen) atoms. The van der Waals surface area contributed by atoms with Crippen molar-refractivity contribution in [1.29, 1.82) is 0 Å². The number of nitrogens with one attached hydrogen (secondary N) is 1. The maximum atomic E-state index is 13.1. The Labute approximate surface area is 158 Å². The quantitative estimate of drug-likeness (QED) is 0.749. The minimum atomic E-state index is -0.0293. The summed E-state index contributed by atoms with van der Waals surface area (Å²) < 4.78 is 5.37. The van der Waals surface area contributed by atoms with Gasteiger partial charge in [-0.2, -0.15) is 0 Å². The Morgan fingerprint density at radius 2 is 1.93 bits per heavy atom. The van der Waals surface area contributed by atoms with Crippen molar-refractivity contribution in [2.24, 2.45) is 0 Å². The van der Waals surface area contributed by atoms with Crippen molar-refractivity contribution in [1.82, 2.24) is 4.98 Å². The highest BCUT2D eigenvalue weighted by molar-refractivity contribution is 6.07. The summed E-state index contributed by atoms with van der Waals surface area (Å²) in [6.45, 7) is 0.722. The standard InChI is InChI=1S/C22H21N3O2/c1-27-21-11-5-3-9-19(21)24-18-13-17(14-23-15-18)22(26)25-12-6-8-16-7-2-4-10-20(16)25/h2-5,7,9-11,13-15,24H,6,8,12H2,1H3. The zero-order valence-corrected chi connectivity index (χ0v) is 15.2. The van der Waals surface area contributed by atoms with E-state index in [0.29, 0.717) is 5.56 Å². The molecule has 2 heterocycles. The third-order valence-corrected chi connectivity index (χ3v) is 4.73. The van der Waals surface area contributed by atoms with Crippen molar-refractivity contribution in [3.05, 3.63) is 78.1 Å². The van der Waals surface area contributed by atoms with Crippen molar-refractivity contribution < 1.29 is 9.53 Å². The first-order valence-corrected chi connectivity index (χ1v) is 9.01. The number of fused-ring (bicyclic) bond motifs is 1. The molecule has 1 aromatic heterocycles. The molecule has 4 rings (SSSR count). The van der Waals surface area contributed by atoms with E-state index in [1.165, 1.54) is 5.56 Å². The second-order valence-electron chi connectivity index (χ2n) is 6.48. The Morgan fingerprint density at radius 1 is 1.11 bits per heavy atom. The Hall–Kier alpha value is -3.34. The fraction of sp³-hybridized carbons (Fsp3) is 0.182. The first kappa shape index (κ1) is 17.1. The number of benzene rings is 2. The van der Waals surface area contributed by atoms with Crippen LogP contribution in [0.1, 0.15) is 22.3 Å². The van der Waals surface area contributed by atoms with Crippen molar-refractivity contribution in [2.45, 2.75) is 12.8 Å². The van der Waals surface area contributed by atoms with E-state index < -0.39 is 0 Å². The van der Waals surface area contributed by atoms with Crippen LogP contribution in [0.15, 0.2) is 67.0 Å². The van der Waals surface area contributed by atoms with Crippen LogP contribution in [0.25, 0.3) is 0 Å². The summed E-state index contributed by atoms with van der Waals surface area (Å²) in [4.78, 5) is 19.2. The molecule has 0 spiro atoms. The molecule has 1 aliphatic heterocycles. The Kier molecular flexibility index (Phi) is 4.75. The Bertz CT molecular complexity index is 971. The maximum absolute atomic E-state index is 13.1. The fourth-order valence-electron chi connectivity index (χ4n) is 3.43. The number of carbonyl (C=O) groups excluding carboxylic acids is 1. The molecule has 0 bridgehead atoms. The average molecular weight is 359 g/mol. The molecule has 3 aromatic rings. The summed E-state index contributed by atoms with van der Waals surface area (Å²) in [6.07, 6.45) is 5.29. The van der Waals surface area contributed by atoms with E-state index in [-0.39, 0.29) is 5.91 Å². The van der Waals surface area contributed by atoms with Gasteiger partial charge in [0.1, 0.15) is 5.75 Å². The van der Waals surface area contributed by atoms with Crippen LogP contribution in [0.5, 0.6) is 5.75 Å². The summed E-state index contributed by atoms with van der Waals surface area (Å²) >= 11 is 0. The number of carbonyl (C=O) groups is 1. The second kappa shape index (κ2) is 7.50. The molecule has 0 saturated carbocycles. The number of aryl methyl sites for hydroxylation is 1. The number of anilines is 3. The second-order valence-corrected chi connectivity index (χ2v) is 6.48. The van der Waals surface area contributed by atoms with Crippen molar-refractivity contribution in [2.75, 3.05) is 23.9 Å². The highest BCUT2D eigenvalue weighted by atomic mass is 16.5. The predicted molar refractivity (Wildman–Crippen MR) is 107 cm³/mol. The topological polar surface area (TPSA) is 54.5 Å². The number of aromatic nitrogens is 1. The average Bonchev–Trinajstić information content (AvgIpc) is 2.73. The molecule has 1 aliphatic rings. The third kappa shape index (κ3) is 3.49. The van der Waals surface area contributed by atoms with Crippen LogP contribution >= 0.6 is 0 Å². The molecule has 1 amide bonds. The molecule has 5 heteroatoms. The van der Waals surface area contributed by atoms with E-state index in [1.807, 2.05) is 53.4 Å². The van der Waals surface area contributed by atoms with Gasteiger partial charge in [0.15, 0.2) is 0 Å². The number of nitrogens with zero attached hydrogens (tertiary/aromatic N) is 2. The van der Waals surface area contributed by atoms with E-state index in [1.54, 1.807) is 19.5 Å². The summed E-state index contributed by atoms with van der Waals surface area (Å²) in [7, 11) is 1.63. The SMILES string of the molecule is COc1ccccc1Nc1cncc(C(=O)N2CCCc3ccccc32)c1. The normalized spacial score (nSPS) is 13.0. The highest BCUT2D eigenvalue weighted by Crippen LogP contribution is 2.30. The molecule has 136 valence electrons. The summed E-state index contributed by atoms with van der Waals surface area (Å²) in [6, 6.07) is 17.6. The lowest BCUT2D eigenvalue weighted by Crippen LogP contribution is -2.35. The maximum Gasteiger partial charge on any atom is 0.259 e. The molecule has 0 aliphatic carbocycles. The molecule has 2 aromatic carbocycles. The van der Waals surface area contributed by atoms with Crippen molar-refractivity contribution in [3.63, 3.8) is 0 Å². The van der Waals surface area contributed by atoms with Gasteiger partial charge in [0, 0.05) is 18.4 Å². The third-order valence-electron chi connectivity index (χ3n) is 4.73. The van der Waals surface area contributed by atoms with Crippen LogP contribution in [0.4, 0.5) is 17.1 Å². The van der Waals surface area contributed by atoms with Crippen LogP contribution < -0.4 is 15.0 Å². The summed E-state index contributed by atoms with van der Waals surface area (Å²) in [5.41, 5.74) is 4.35. The molecule has 0 saturated heterocycles. The van der Waals surface area contributed by atoms with E-state index in [2.05, 4.69) is 16.4 Å². The number of pyridine rings is 1. The summed E-state index contributed by atoms with van der Waals surface area (Å²) in [5, 5.41) is 3.28. The number of rotatable bonds is 4. The van der Waals surface area contributed by atoms with Crippen LogP contribution in [0.2, 0.25) is 0 Å². The van der Waals surface area contributed by atoms with Gasteiger partial charge in [-0.1, -0.05) is 30.3 Å². The van der Waals surface area contributed by atoms with Crippen LogP contribution in [0.3, 0.4) is 0 Å². The van der Waals surface area contributed by atoms with Crippen LogP contribution in [0, 0.1) is 0 Å². The molecule has 0 unspecified atom stereocenters. The van der Waals surface area contributed by atoms with Gasteiger partial charge < -0.3 is 15.0 Å². The van der Waals surface area contributed by atoms with Gasteiger partial charge in [0.05, 0.1) is 30.2 Å². The van der Waals surface area contributed by atoms with E-state index in [9.17, 15) is 4.79 Å². The molecule has 0 radical (unpaired) electrons. The van der Waals surface area contributed by atoms with Gasteiger partial charge in [-0.25, -0.2) is 0 Å². The van der Waals surface area contributed by atoms with Gasteiger partial charge >= 0.3 is 0 Å². The largest absolute Gasteiger partial charge is 0.495 e.